The molecule has 6 heteroatoms. The summed E-state index contributed by atoms with van der Waals surface area (Å²) in [5, 5.41) is 5.67. The van der Waals surface area contributed by atoms with Crippen molar-refractivity contribution in [2.24, 2.45) is 0 Å². The number of halogens is 1. The highest BCUT2D eigenvalue weighted by molar-refractivity contribution is 9.10. The van der Waals surface area contributed by atoms with E-state index < -0.39 is 0 Å². The van der Waals surface area contributed by atoms with Gasteiger partial charge in [-0.3, -0.25) is 9.59 Å². The number of amides is 2. The molecule has 2 N–H and O–H groups in total. The molecule has 0 fully saturated rings. The summed E-state index contributed by atoms with van der Waals surface area (Å²) in [6, 6.07) is 10.5. The normalized spacial score (nSPS) is 10.1. The predicted molar refractivity (Wildman–Crippen MR) is 108 cm³/mol. The van der Waals surface area contributed by atoms with Crippen LogP contribution in [0.5, 0.6) is 5.75 Å². The standard InChI is InChI=1S/C20H21BrN2O3/c1-4-10-26-18-9-7-14(11-16(18)21)20(25)22-15-8-6-13(3)17(12-15)23-19(24)5-2/h4,6-9,11-12H,1,5,10H2,2-3H3,(H,22,25)(H,23,24). The first kappa shape index (κ1) is 19.7. The lowest BCUT2D eigenvalue weighted by atomic mass is 10.1. The van der Waals surface area contributed by atoms with Crippen LogP contribution in [-0.2, 0) is 4.79 Å². The van der Waals surface area contributed by atoms with E-state index in [9.17, 15) is 9.59 Å². The lowest BCUT2D eigenvalue weighted by Gasteiger charge is -2.12. The first-order chi connectivity index (χ1) is 12.4. The van der Waals surface area contributed by atoms with Gasteiger partial charge in [-0.1, -0.05) is 25.6 Å². The largest absolute Gasteiger partial charge is 0.488 e. The minimum absolute atomic E-state index is 0.0735. The second-order valence-electron chi connectivity index (χ2n) is 5.63. The molecule has 2 aromatic carbocycles. The van der Waals surface area contributed by atoms with Crippen LogP contribution < -0.4 is 15.4 Å². The van der Waals surface area contributed by atoms with Crippen LogP contribution in [-0.4, -0.2) is 18.4 Å². The molecule has 0 saturated heterocycles. The van der Waals surface area contributed by atoms with Crippen molar-refractivity contribution in [3.63, 3.8) is 0 Å². The molecular weight excluding hydrogens is 396 g/mol. The van der Waals surface area contributed by atoms with Crippen molar-refractivity contribution >= 4 is 39.1 Å². The van der Waals surface area contributed by atoms with Crippen molar-refractivity contribution in [2.75, 3.05) is 17.2 Å². The van der Waals surface area contributed by atoms with E-state index in [2.05, 4.69) is 33.1 Å². The van der Waals surface area contributed by atoms with E-state index >= 15 is 0 Å². The van der Waals surface area contributed by atoms with Crippen molar-refractivity contribution in [3.05, 3.63) is 64.7 Å². The first-order valence-electron chi connectivity index (χ1n) is 8.19. The number of aryl methyl sites for hydroxylation is 1. The highest BCUT2D eigenvalue weighted by Crippen LogP contribution is 2.27. The number of anilines is 2. The van der Waals surface area contributed by atoms with Crippen LogP contribution in [0.25, 0.3) is 0 Å². The third-order valence-electron chi connectivity index (χ3n) is 3.64. The van der Waals surface area contributed by atoms with Crippen LogP contribution in [0.4, 0.5) is 11.4 Å². The van der Waals surface area contributed by atoms with E-state index in [0.717, 1.165) is 5.56 Å². The monoisotopic (exact) mass is 416 g/mol. The Bertz CT molecular complexity index is 834. The van der Waals surface area contributed by atoms with Crippen LogP contribution in [0, 0.1) is 6.92 Å². The molecule has 26 heavy (non-hydrogen) atoms. The highest BCUT2D eigenvalue weighted by atomic mass is 79.9. The number of rotatable bonds is 7. The number of nitrogens with one attached hydrogen (secondary N) is 2. The van der Waals surface area contributed by atoms with E-state index in [1.165, 1.54) is 0 Å². The summed E-state index contributed by atoms with van der Waals surface area (Å²) in [6.07, 6.45) is 2.05. The van der Waals surface area contributed by atoms with Gasteiger partial charge in [0.25, 0.3) is 5.91 Å². The molecule has 0 aliphatic rings. The van der Waals surface area contributed by atoms with Crippen LogP contribution in [0.3, 0.4) is 0 Å². The summed E-state index contributed by atoms with van der Waals surface area (Å²) in [5.74, 6) is 0.314. The van der Waals surface area contributed by atoms with E-state index in [1.807, 2.05) is 13.0 Å². The molecule has 0 unspecified atom stereocenters. The summed E-state index contributed by atoms with van der Waals surface area (Å²) < 4.78 is 6.17. The maximum absolute atomic E-state index is 12.5. The molecule has 0 spiro atoms. The van der Waals surface area contributed by atoms with E-state index in [0.29, 0.717) is 40.2 Å². The van der Waals surface area contributed by atoms with Gasteiger partial charge in [-0.2, -0.15) is 0 Å². The van der Waals surface area contributed by atoms with Gasteiger partial charge in [0.1, 0.15) is 12.4 Å². The maximum atomic E-state index is 12.5. The minimum atomic E-state index is -0.252. The van der Waals surface area contributed by atoms with Crippen molar-refractivity contribution < 1.29 is 14.3 Å². The maximum Gasteiger partial charge on any atom is 0.255 e. The Morgan fingerprint density at radius 3 is 2.62 bits per heavy atom. The second kappa shape index (κ2) is 9.20. The van der Waals surface area contributed by atoms with Crippen molar-refractivity contribution in [1.29, 1.82) is 0 Å². The fourth-order valence-corrected chi connectivity index (χ4v) is 2.68. The number of ether oxygens (including phenoxy) is 1. The average Bonchev–Trinajstić information content (AvgIpc) is 2.63. The zero-order chi connectivity index (χ0) is 19.1. The van der Waals surface area contributed by atoms with Crippen molar-refractivity contribution in [1.82, 2.24) is 0 Å². The fraction of sp³-hybridized carbons (Fsp3) is 0.200. The molecule has 0 aliphatic carbocycles. The van der Waals surface area contributed by atoms with Crippen molar-refractivity contribution in [2.45, 2.75) is 20.3 Å². The predicted octanol–water partition coefficient (Wildman–Crippen LogP) is 4.92. The van der Waals surface area contributed by atoms with E-state index in [4.69, 9.17) is 4.74 Å². The van der Waals surface area contributed by atoms with Crippen LogP contribution in [0.1, 0.15) is 29.3 Å². The molecule has 2 rings (SSSR count). The Balaban J connectivity index is 2.14. The van der Waals surface area contributed by atoms with Crippen LogP contribution >= 0.6 is 15.9 Å². The lowest BCUT2D eigenvalue weighted by molar-refractivity contribution is -0.115. The van der Waals surface area contributed by atoms with Gasteiger partial charge in [0.05, 0.1) is 4.47 Å². The summed E-state index contributed by atoms with van der Waals surface area (Å²) in [6.45, 7) is 7.68. The molecule has 0 saturated carbocycles. The number of carbonyl (C=O) groups is 2. The third kappa shape index (κ3) is 5.20. The van der Waals surface area contributed by atoms with Gasteiger partial charge in [-0.15, -0.1) is 0 Å². The molecule has 0 aliphatic heterocycles. The summed E-state index contributed by atoms with van der Waals surface area (Å²) in [4.78, 5) is 24.1. The molecule has 5 nitrogen and oxygen atoms in total. The number of carbonyl (C=O) groups excluding carboxylic acids is 2. The second-order valence-corrected chi connectivity index (χ2v) is 6.48. The number of benzene rings is 2. The Hall–Kier alpha value is -2.60. The van der Waals surface area contributed by atoms with Gasteiger partial charge in [0.15, 0.2) is 0 Å². The van der Waals surface area contributed by atoms with Gasteiger partial charge in [-0.25, -0.2) is 0 Å². The van der Waals surface area contributed by atoms with Crippen LogP contribution in [0.15, 0.2) is 53.5 Å². The Kier molecular flexibility index (Phi) is 6.97. The topological polar surface area (TPSA) is 67.4 Å². The average molecular weight is 417 g/mol. The summed E-state index contributed by atoms with van der Waals surface area (Å²) >= 11 is 3.40. The quantitative estimate of drug-likeness (QED) is 0.629. The molecule has 2 aromatic rings. The fourth-order valence-electron chi connectivity index (χ4n) is 2.18. The van der Waals surface area contributed by atoms with Crippen molar-refractivity contribution in [3.8, 4) is 5.75 Å². The van der Waals surface area contributed by atoms with Gasteiger partial charge < -0.3 is 15.4 Å². The third-order valence-corrected chi connectivity index (χ3v) is 4.26. The highest BCUT2D eigenvalue weighted by Gasteiger charge is 2.11. The van der Waals surface area contributed by atoms with Gasteiger partial charge in [0.2, 0.25) is 5.91 Å². The molecule has 0 aromatic heterocycles. The Labute approximate surface area is 161 Å². The van der Waals surface area contributed by atoms with Crippen LogP contribution in [0.2, 0.25) is 0 Å². The zero-order valence-corrected chi connectivity index (χ0v) is 16.4. The Morgan fingerprint density at radius 1 is 1.19 bits per heavy atom. The SMILES string of the molecule is C=CCOc1ccc(C(=O)Nc2ccc(C)c(NC(=O)CC)c2)cc1Br. The summed E-state index contributed by atoms with van der Waals surface area (Å²) in [5.41, 5.74) is 2.71. The molecule has 0 bridgehead atoms. The molecule has 2 amide bonds. The lowest BCUT2D eigenvalue weighted by Crippen LogP contribution is -2.14. The zero-order valence-electron chi connectivity index (χ0n) is 14.8. The minimum Gasteiger partial charge on any atom is -0.488 e. The number of hydrogen-bond donors (Lipinski definition) is 2. The van der Waals surface area contributed by atoms with Gasteiger partial charge in [-0.05, 0) is 58.7 Å². The molecular formula is C20H21BrN2O3. The molecule has 0 atom stereocenters. The van der Waals surface area contributed by atoms with E-state index in [-0.39, 0.29) is 11.8 Å². The van der Waals surface area contributed by atoms with E-state index in [1.54, 1.807) is 43.3 Å². The van der Waals surface area contributed by atoms with Gasteiger partial charge in [0, 0.05) is 23.4 Å². The molecule has 0 radical (unpaired) electrons. The van der Waals surface area contributed by atoms with Gasteiger partial charge >= 0.3 is 0 Å². The molecule has 0 heterocycles. The summed E-state index contributed by atoms with van der Waals surface area (Å²) in [7, 11) is 0. The Morgan fingerprint density at radius 2 is 1.96 bits per heavy atom. The first-order valence-corrected chi connectivity index (χ1v) is 8.99. The molecule has 136 valence electrons. The number of hydrogen-bond acceptors (Lipinski definition) is 3. The smallest absolute Gasteiger partial charge is 0.255 e.